The molecule has 7 nitrogen and oxygen atoms in total. The van der Waals surface area contributed by atoms with E-state index in [0.717, 1.165) is 63.4 Å². The minimum absolute atomic E-state index is 0.0993. The number of aliphatic hydroxyl groups is 1. The van der Waals surface area contributed by atoms with Gasteiger partial charge in [0.25, 0.3) is 0 Å². The maximum Gasteiger partial charge on any atom is 0.341 e. The lowest BCUT2D eigenvalue weighted by atomic mass is 9.73. The normalized spacial score (nSPS) is 26.8. The van der Waals surface area contributed by atoms with Crippen LogP contribution in [0, 0.1) is 23.7 Å². The van der Waals surface area contributed by atoms with Gasteiger partial charge in [0.2, 0.25) is 0 Å². The van der Waals surface area contributed by atoms with E-state index in [4.69, 9.17) is 19.3 Å². The van der Waals surface area contributed by atoms with Crippen LogP contribution in [0.25, 0.3) is 0 Å². The summed E-state index contributed by atoms with van der Waals surface area (Å²) >= 11 is 0. The highest BCUT2D eigenvalue weighted by molar-refractivity contribution is 5.73. The smallest absolute Gasteiger partial charge is 0.341 e. The fraction of sp³-hybridized carbons (Fsp3) is 0.704. The van der Waals surface area contributed by atoms with Gasteiger partial charge in [0.15, 0.2) is 6.61 Å². The van der Waals surface area contributed by atoms with Gasteiger partial charge in [0, 0.05) is 0 Å². The van der Waals surface area contributed by atoms with Gasteiger partial charge >= 0.3 is 11.9 Å². The zero-order valence-electron chi connectivity index (χ0n) is 20.1. The van der Waals surface area contributed by atoms with E-state index in [-0.39, 0.29) is 36.6 Å². The molecule has 0 aromatic heterocycles. The highest BCUT2D eigenvalue weighted by Crippen LogP contribution is 2.48. The predicted octanol–water partition coefficient (Wildman–Crippen LogP) is 3.78. The first-order chi connectivity index (χ1) is 16.5. The number of aliphatic hydroxyl groups excluding tert-OH is 1. The summed E-state index contributed by atoms with van der Waals surface area (Å²) in [5.41, 5.74) is 2.28. The van der Waals surface area contributed by atoms with Gasteiger partial charge in [0.05, 0.1) is 19.3 Å². The number of fused-ring (bicyclic) bond motifs is 2. The van der Waals surface area contributed by atoms with Crippen molar-refractivity contribution < 1.29 is 34.0 Å². The second-order valence-corrected chi connectivity index (χ2v) is 10.2. The van der Waals surface area contributed by atoms with Crippen LogP contribution in [0.3, 0.4) is 0 Å². The molecule has 5 atom stereocenters. The summed E-state index contributed by atoms with van der Waals surface area (Å²) in [5, 5.41) is 19.9. The molecule has 2 aliphatic carbocycles. The maximum atomic E-state index is 12.4. The Morgan fingerprint density at radius 1 is 1.18 bits per heavy atom. The molecule has 3 aliphatic rings. The average Bonchev–Trinajstić information content (AvgIpc) is 3.07. The molecule has 1 aromatic carbocycles. The fourth-order valence-corrected chi connectivity index (χ4v) is 5.97. The highest BCUT2D eigenvalue weighted by Gasteiger charge is 2.45. The van der Waals surface area contributed by atoms with E-state index in [1.54, 1.807) is 0 Å². The number of hydrogen-bond acceptors (Lipinski definition) is 6. The Bertz CT molecular complexity index is 849. The summed E-state index contributed by atoms with van der Waals surface area (Å²) in [4.78, 5) is 23.4. The molecular formula is C27H38O7. The Balaban J connectivity index is 1.39. The Kier molecular flexibility index (Phi) is 8.48. The number of aliphatic carboxylic acids is 1. The first-order valence-electron chi connectivity index (χ1n) is 12.9. The lowest BCUT2D eigenvalue weighted by molar-refractivity contribution is -0.169. The van der Waals surface area contributed by atoms with Crippen molar-refractivity contribution in [2.75, 3.05) is 19.8 Å². The van der Waals surface area contributed by atoms with E-state index < -0.39 is 5.97 Å². The van der Waals surface area contributed by atoms with Crippen molar-refractivity contribution in [2.45, 2.75) is 76.9 Å². The predicted molar refractivity (Wildman–Crippen MR) is 126 cm³/mol. The van der Waals surface area contributed by atoms with Crippen LogP contribution in [0.5, 0.6) is 5.75 Å². The Labute approximate surface area is 201 Å². The molecule has 2 N–H and O–H groups in total. The Hall–Kier alpha value is -2.12. The van der Waals surface area contributed by atoms with Crippen molar-refractivity contribution in [2.24, 2.45) is 23.7 Å². The number of carboxylic acids is 1. The largest absolute Gasteiger partial charge is 0.482 e. The van der Waals surface area contributed by atoms with Gasteiger partial charge in [-0.1, -0.05) is 31.9 Å². The van der Waals surface area contributed by atoms with Gasteiger partial charge in [-0.2, -0.15) is 0 Å². The first kappa shape index (κ1) is 25.0. The molecule has 1 saturated heterocycles. The molecule has 0 radical (unpaired) electrons. The maximum absolute atomic E-state index is 12.4. The molecule has 4 rings (SSSR count). The molecule has 0 unspecified atom stereocenters. The number of esters is 1. The number of carbonyl (C=O) groups excluding carboxylic acids is 1. The number of carboxylic acid groups (broad SMARTS) is 1. The van der Waals surface area contributed by atoms with Crippen LogP contribution < -0.4 is 4.74 Å². The van der Waals surface area contributed by atoms with Crippen molar-refractivity contribution in [1.29, 1.82) is 0 Å². The molecule has 0 bridgehead atoms. The summed E-state index contributed by atoms with van der Waals surface area (Å²) in [5.74, 6) is 0.321. The topological polar surface area (TPSA) is 102 Å². The zero-order valence-corrected chi connectivity index (χ0v) is 20.1. The van der Waals surface area contributed by atoms with Crippen molar-refractivity contribution in [3.05, 3.63) is 29.3 Å². The lowest BCUT2D eigenvalue weighted by Gasteiger charge is -2.33. The molecule has 188 valence electrons. The summed E-state index contributed by atoms with van der Waals surface area (Å²) in [6.07, 6.45) is 7.75. The monoisotopic (exact) mass is 474 g/mol. The summed E-state index contributed by atoms with van der Waals surface area (Å²) in [6.45, 7) is 2.74. The van der Waals surface area contributed by atoms with Crippen molar-refractivity contribution >= 4 is 11.9 Å². The SMILES string of the molecule is CCCCC[C@@H](CC[C@@H]1[C@H]2Cc3cccc(OCC(=O)O)c3C[C@H]2C[C@H]1O)OC(=O)C1COC1. The molecule has 1 aromatic rings. The molecule has 1 saturated carbocycles. The number of rotatable bonds is 12. The second kappa shape index (κ2) is 11.5. The number of hydrogen-bond donors (Lipinski definition) is 2. The quantitative estimate of drug-likeness (QED) is 0.351. The first-order valence-corrected chi connectivity index (χ1v) is 12.9. The molecular weight excluding hydrogens is 436 g/mol. The lowest BCUT2D eigenvalue weighted by Crippen LogP contribution is -2.38. The van der Waals surface area contributed by atoms with E-state index in [2.05, 4.69) is 13.0 Å². The van der Waals surface area contributed by atoms with Gasteiger partial charge in [-0.3, -0.25) is 4.79 Å². The second-order valence-electron chi connectivity index (χ2n) is 10.2. The average molecular weight is 475 g/mol. The third-order valence-corrected chi connectivity index (χ3v) is 7.90. The summed E-state index contributed by atoms with van der Waals surface area (Å²) in [6, 6.07) is 5.86. The molecule has 0 amide bonds. The van der Waals surface area contributed by atoms with Crippen LogP contribution in [0.15, 0.2) is 18.2 Å². The minimum atomic E-state index is -0.985. The molecule has 7 heteroatoms. The molecule has 2 fully saturated rings. The van der Waals surface area contributed by atoms with Crippen molar-refractivity contribution in [1.82, 2.24) is 0 Å². The van der Waals surface area contributed by atoms with Crippen molar-refractivity contribution in [3.8, 4) is 5.75 Å². The van der Waals surface area contributed by atoms with Gasteiger partial charge in [-0.05, 0) is 79.9 Å². The van der Waals surface area contributed by atoms with E-state index in [0.29, 0.717) is 30.8 Å². The van der Waals surface area contributed by atoms with Crippen LogP contribution in [0.4, 0.5) is 0 Å². The Morgan fingerprint density at radius 2 is 2.00 bits per heavy atom. The van der Waals surface area contributed by atoms with E-state index >= 15 is 0 Å². The molecule has 1 aliphatic heterocycles. The number of unbranched alkanes of at least 4 members (excludes halogenated alkanes) is 2. The Morgan fingerprint density at radius 3 is 2.71 bits per heavy atom. The fourth-order valence-electron chi connectivity index (χ4n) is 5.97. The summed E-state index contributed by atoms with van der Waals surface area (Å²) < 4.78 is 16.6. The highest BCUT2D eigenvalue weighted by atomic mass is 16.6. The zero-order chi connectivity index (χ0) is 24.1. The van der Waals surface area contributed by atoms with Gasteiger partial charge < -0.3 is 24.4 Å². The number of carbonyl (C=O) groups is 2. The van der Waals surface area contributed by atoms with Crippen molar-refractivity contribution in [3.63, 3.8) is 0 Å². The van der Waals surface area contributed by atoms with Crippen LogP contribution in [-0.4, -0.2) is 54.2 Å². The minimum Gasteiger partial charge on any atom is -0.482 e. The third kappa shape index (κ3) is 5.92. The van der Waals surface area contributed by atoms with E-state index in [1.165, 1.54) is 5.56 Å². The third-order valence-electron chi connectivity index (χ3n) is 7.90. The van der Waals surface area contributed by atoms with Gasteiger partial charge in [-0.15, -0.1) is 0 Å². The van der Waals surface area contributed by atoms with E-state index in [9.17, 15) is 14.7 Å². The number of benzene rings is 1. The van der Waals surface area contributed by atoms with Crippen LogP contribution in [0.2, 0.25) is 0 Å². The molecule has 1 heterocycles. The van der Waals surface area contributed by atoms with Crippen LogP contribution in [0.1, 0.15) is 63.0 Å². The van der Waals surface area contributed by atoms with Gasteiger partial charge in [0.1, 0.15) is 17.8 Å². The van der Waals surface area contributed by atoms with Crippen LogP contribution in [-0.2, 0) is 31.9 Å². The molecule has 34 heavy (non-hydrogen) atoms. The standard InChI is InChI=1S/C27H38O7/c1-2-3-4-7-20(34-27(31)19-14-32-15-19)9-10-21-22-11-17-6-5-8-25(33-16-26(29)30)23(17)12-18(22)13-24(21)28/h5-6,8,18-22,24,28H,2-4,7,9-16H2,1H3,(H,29,30)/t18-,20-,21+,22-,24+/m0/s1. The molecule has 0 spiro atoms. The van der Waals surface area contributed by atoms with Crippen LogP contribution >= 0.6 is 0 Å². The van der Waals surface area contributed by atoms with E-state index in [1.807, 2.05) is 12.1 Å². The van der Waals surface area contributed by atoms with Gasteiger partial charge in [-0.25, -0.2) is 4.79 Å². The summed E-state index contributed by atoms with van der Waals surface area (Å²) in [7, 11) is 0. The number of ether oxygens (including phenoxy) is 3.